The number of amides is 2. The van der Waals surface area contributed by atoms with E-state index in [1.165, 1.54) is 48.8 Å². The largest absolute Gasteiger partial charge is 0.453 e. The third kappa shape index (κ3) is 18.8. The molecule has 4 aromatic heterocycles. The topological polar surface area (TPSA) is 209 Å². The molecule has 0 bridgehead atoms. The molecule has 15 nitrogen and oxygen atoms in total. The Balaban J connectivity index is 0.000000234. The minimum Gasteiger partial charge on any atom is -0.453 e. The molecule has 1 saturated heterocycles. The second-order valence-corrected chi connectivity index (χ2v) is 21.9. The lowest BCUT2D eigenvalue weighted by Crippen LogP contribution is -2.44. The number of nitrogens with two attached hydrogens (primary N) is 2. The van der Waals surface area contributed by atoms with Gasteiger partial charge in [0.2, 0.25) is 0 Å². The molecule has 2 amide bonds. The lowest BCUT2D eigenvalue weighted by Gasteiger charge is -2.25. The van der Waals surface area contributed by atoms with Crippen LogP contribution in [0.15, 0.2) is 114 Å². The summed E-state index contributed by atoms with van der Waals surface area (Å²) >= 11 is 2.49. The zero-order valence-corrected chi connectivity index (χ0v) is 51.1. The smallest absolute Gasteiger partial charge is 0.436 e. The number of pyridine rings is 2. The number of hydrogen-bond donors (Lipinski definition) is 2. The molecule has 2 atom stereocenters. The van der Waals surface area contributed by atoms with Crippen molar-refractivity contribution in [1.82, 2.24) is 29.5 Å². The molecule has 94 heavy (non-hydrogen) atoms. The molecule has 1 fully saturated rings. The van der Waals surface area contributed by atoms with Crippen molar-refractivity contribution in [3.05, 3.63) is 211 Å². The number of Topliss-reactive ketones (excluding diaryl/α,β-unsaturated/α-hetero) is 2. The molecule has 8 aromatic rings. The van der Waals surface area contributed by atoms with Crippen molar-refractivity contribution in [1.29, 1.82) is 0 Å². The maximum absolute atomic E-state index is 14.2. The summed E-state index contributed by atoms with van der Waals surface area (Å²) in [4.78, 5) is 58.6. The quantitative estimate of drug-likeness (QED) is 0.0511. The summed E-state index contributed by atoms with van der Waals surface area (Å²) in [5.41, 5.74) is 6.43. The van der Waals surface area contributed by atoms with Gasteiger partial charge in [-0.25, -0.2) is 52.7 Å². The number of halogens is 16. The van der Waals surface area contributed by atoms with Crippen molar-refractivity contribution < 1.29 is 98.7 Å². The summed E-state index contributed by atoms with van der Waals surface area (Å²) in [5, 5.41) is 6.71. The SMILES string of the molecule is CB1OB(C)OB(C)O1.Cc1c(C(F)F)nn(CC(=O)C[C@@H](Cc2cc(F)cc(F)c2)c2ncccc2-c2ccc(F)c(C(N)=O)c2)c1C(F)F.NC(=O)c1cc(-c2cccnc2[C@@H](CC(=O)Cn2nc(C(F)(F)F)c(Br)c2C(F)F)Cc2cc(F)cc(F)c2)ccc1F. The van der Waals surface area contributed by atoms with E-state index in [1.807, 2.05) is 20.5 Å². The van der Waals surface area contributed by atoms with Crippen molar-refractivity contribution in [2.24, 2.45) is 11.5 Å². The summed E-state index contributed by atoms with van der Waals surface area (Å²) in [5.74, 6) is -11.0. The van der Waals surface area contributed by atoms with E-state index in [4.69, 9.17) is 25.2 Å². The highest BCUT2D eigenvalue weighted by Gasteiger charge is 2.41. The number of nitrogens with zero attached hydrogens (tertiary/aromatic N) is 6. The van der Waals surface area contributed by atoms with Crippen LogP contribution in [0.1, 0.15) is 116 Å². The number of primary amides is 2. The number of rotatable bonds is 21. The van der Waals surface area contributed by atoms with Gasteiger partial charge in [0.1, 0.15) is 65.1 Å². The maximum Gasteiger partial charge on any atom is 0.436 e. The van der Waals surface area contributed by atoms with E-state index >= 15 is 0 Å². The summed E-state index contributed by atoms with van der Waals surface area (Å²) in [6, 6.07) is 18.4. The Bertz CT molecular complexity index is 4010. The molecule has 4 aromatic carbocycles. The van der Waals surface area contributed by atoms with Gasteiger partial charge in [-0.2, -0.15) is 23.4 Å². The summed E-state index contributed by atoms with van der Waals surface area (Å²) < 4.78 is 221. The van der Waals surface area contributed by atoms with Crippen LogP contribution in [0, 0.1) is 41.8 Å². The molecular weight excluding hydrogens is 1340 g/mol. The third-order valence-corrected chi connectivity index (χ3v) is 15.0. The highest BCUT2D eigenvalue weighted by atomic mass is 79.9. The molecule has 0 unspecified atom stereocenters. The molecule has 0 saturated carbocycles. The second kappa shape index (κ2) is 31.5. The molecule has 0 radical (unpaired) electrons. The van der Waals surface area contributed by atoms with Crippen LogP contribution in [-0.2, 0) is 55.4 Å². The maximum atomic E-state index is 14.2. The number of carbonyl (C=O) groups excluding carboxylic acids is 4. The minimum absolute atomic E-state index is 0.0818. The van der Waals surface area contributed by atoms with Crippen LogP contribution in [-0.4, -0.2) is 74.3 Å². The van der Waals surface area contributed by atoms with E-state index in [0.29, 0.717) is 27.9 Å². The van der Waals surface area contributed by atoms with Gasteiger partial charge in [-0.15, -0.1) is 0 Å². The van der Waals surface area contributed by atoms with E-state index in [1.54, 1.807) is 6.07 Å². The molecule has 1 aliphatic heterocycles. The number of aromatic nitrogens is 6. The summed E-state index contributed by atoms with van der Waals surface area (Å²) in [6.07, 6.45) is -13.5. The fourth-order valence-electron chi connectivity index (χ4n) is 10.4. The van der Waals surface area contributed by atoms with Crippen molar-refractivity contribution in [2.75, 3.05) is 0 Å². The highest BCUT2D eigenvalue weighted by Crippen LogP contribution is 2.41. The van der Waals surface area contributed by atoms with Crippen LogP contribution in [0.3, 0.4) is 0 Å². The predicted octanol–water partition coefficient (Wildman–Crippen LogP) is 14.2. The Morgan fingerprint density at radius 2 is 0.926 bits per heavy atom. The van der Waals surface area contributed by atoms with Crippen LogP contribution in [0.4, 0.5) is 65.9 Å². The Labute approximate surface area is 534 Å². The zero-order chi connectivity index (χ0) is 69.2. The summed E-state index contributed by atoms with van der Waals surface area (Å²) in [7, 11) is -0.406. The van der Waals surface area contributed by atoms with Gasteiger partial charge in [-0.1, -0.05) is 24.3 Å². The lowest BCUT2D eigenvalue weighted by atomic mass is 9.74. The first-order valence-corrected chi connectivity index (χ1v) is 28.7. The highest BCUT2D eigenvalue weighted by molar-refractivity contribution is 9.10. The first-order chi connectivity index (χ1) is 44.2. The van der Waals surface area contributed by atoms with Gasteiger partial charge in [-0.3, -0.25) is 38.5 Å². The van der Waals surface area contributed by atoms with Gasteiger partial charge in [0, 0.05) is 65.9 Å². The van der Waals surface area contributed by atoms with Crippen LogP contribution >= 0.6 is 15.9 Å². The van der Waals surface area contributed by atoms with Crippen LogP contribution in [0.5, 0.6) is 0 Å². The fraction of sp³-hybridized carbons (Fsp3) is 0.267. The number of ketones is 2. The summed E-state index contributed by atoms with van der Waals surface area (Å²) in [6.45, 7) is 4.85. The van der Waals surface area contributed by atoms with Crippen LogP contribution < -0.4 is 11.5 Å². The van der Waals surface area contributed by atoms with E-state index < -0.39 is 165 Å². The minimum atomic E-state index is -5.09. The van der Waals surface area contributed by atoms with Crippen molar-refractivity contribution >= 4 is 60.7 Å². The van der Waals surface area contributed by atoms with Gasteiger partial charge in [0.15, 0.2) is 17.3 Å². The Kier molecular flexibility index (Phi) is 24.4. The zero-order valence-electron chi connectivity index (χ0n) is 49.5. The van der Waals surface area contributed by atoms with E-state index in [0.717, 1.165) is 49.4 Å². The van der Waals surface area contributed by atoms with Crippen LogP contribution in [0.25, 0.3) is 22.3 Å². The van der Waals surface area contributed by atoms with Gasteiger partial charge in [0.05, 0.1) is 27.0 Å². The molecule has 5 heterocycles. The molecule has 34 heteroatoms. The molecule has 4 N–H and O–H groups in total. The molecule has 494 valence electrons. The van der Waals surface area contributed by atoms with E-state index in [2.05, 4.69) is 36.1 Å². The average Bonchev–Trinajstić information content (AvgIpc) is 1.20. The van der Waals surface area contributed by atoms with Crippen molar-refractivity contribution in [2.45, 2.75) is 103 Å². The number of alkyl halides is 9. The van der Waals surface area contributed by atoms with E-state index in [9.17, 15) is 85.0 Å². The van der Waals surface area contributed by atoms with Gasteiger partial charge in [0.25, 0.3) is 31.1 Å². The second-order valence-electron chi connectivity index (χ2n) is 21.1. The average molecular weight is 1390 g/mol. The molecule has 1 aliphatic rings. The van der Waals surface area contributed by atoms with E-state index in [-0.39, 0.29) is 72.5 Å². The van der Waals surface area contributed by atoms with Crippen molar-refractivity contribution in [3.8, 4) is 22.3 Å². The molecule has 0 spiro atoms. The molecule has 0 aliphatic carbocycles. The van der Waals surface area contributed by atoms with Crippen LogP contribution in [0.2, 0.25) is 20.5 Å². The Morgan fingerprint density at radius 1 is 0.543 bits per heavy atom. The fourth-order valence-corrected chi connectivity index (χ4v) is 11.0. The first kappa shape index (κ1) is 72.8. The van der Waals surface area contributed by atoms with Gasteiger partial charge < -0.3 is 25.2 Å². The Morgan fingerprint density at radius 3 is 1.28 bits per heavy atom. The normalized spacial score (nSPS) is 13.2. The first-order valence-electron chi connectivity index (χ1n) is 27.9. The number of benzene rings is 4. The number of hydrogen-bond acceptors (Lipinski definition) is 11. The Hall–Kier alpha value is -8.62. The van der Waals surface area contributed by atoms with Crippen molar-refractivity contribution in [3.63, 3.8) is 0 Å². The molecular formula is C60H51B3BrF15N8O7. The third-order valence-electron chi connectivity index (χ3n) is 14.2. The van der Waals surface area contributed by atoms with Gasteiger partial charge >= 0.3 is 27.5 Å². The predicted molar refractivity (Wildman–Crippen MR) is 316 cm³/mol. The standard InChI is InChI=1S/C29H23F7N4O2.C28H19BrF8N4O2.C3H9B3O3/c1-14-24(27(33)34)39-40(26(14)28(35)36)13-20(41)10-17(7-15-8-18(30)12-19(31)9-15)25-21(3-2-6-38-25)16-4-5-23(32)22(11-16)29(37)42;29-22-24(26(33)34)41(40-25(22)28(35,36)37)12-18(42)9-15(6-13-7-16(30)11-17(31)8-13)23-19(2-1-5-39-23)14-3-4-21(32)20(10-14)27(38)43;1-4-7-5(2)9-6(3)8-4/h2-6,8-9,11-12,17,27-28H,7,10,13H2,1H3,(H2,37,42);1-5,7-8,10-11,15,26H,6,9,12H2,(H2,38,43);1-3H3/t17-;15-;/m11./s1. The molecule has 9 rings (SSSR count). The van der Waals surface area contributed by atoms with Gasteiger partial charge in [-0.05, 0) is 139 Å². The number of carbonyl (C=O) groups is 4. The monoisotopic (exact) mass is 1390 g/mol. The lowest BCUT2D eigenvalue weighted by molar-refractivity contribution is -0.142.